The van der Waals surface area contributed by atoms with Crippen molar-refractivity contribution < 1.29 is 13.5 Å². The van der Waals surface area contributed by atoms with Crippen LogP contribution < -0.4 is 0 Å². The molecule has 2 rings (SSSR count). The molecular weight excluding hydrogens is 190 g/mol. The van der Waals surface area contributed by atoms with E-state index in [1.165, 1.54) is 12.3 Å². The second-order valence-corrected chi connectivity index (χ2v) is 5.33. The largest absolute Gasteiger partial charge is 0.506 e. The van der Waals surface area contributed by atoms with Gasteiger partial charge in [-0.3, -0.25) is 4.98 Å². The minimum Gasteiger partial charge on any atom is -0.506 e. The molecule has 0 amide bonds. The zero-order chi connectivity index (χ0) is 9.47. The summed E-state index contributed by atoms with van der Waals surface area (Å²) >= 11 is 0. The van der Waals surface area contributed by atoms with E-state index in [-0.39, 0.29) is 17.3 Å². The van der Waals surface area contributed by atoms with E-state index in [4.69, 9.17) is 5.11 Å². The molecule has 0 bridgehead atoms. The maximum Gasteiger partial charge on any atom is 0.154 e. The van der Waals surface area contributed by atoms with E-state index in [0.29, 0.717) is 12.0 Å². The van der Waals surface area contributed by atoms with E-state index >= 15 is 0 Å². The van der Waals surface area contributed by atoms with E-state index in [1.807, 2.05) is 0 Å². The van der Waals surface area contributed by atoms with Gasteiger partial charge in [-0.1, -0.05) is 0 Å². The quantitative estimate of drug-likeness (QED) is 0.650. The summed E-state index contributed by atoms with van der Waals surface area (Å²) in [7, 11) is -2.96. The maximum absolute atomic E-state index is 11.2. The summed E-state index contributed by atoms with van der Waals surface area (Å²) in [6.07, 6.45) is 1.80. The Bertz CT molecular complexity index is 439. The van der Waals surface area contributed by atoms with Crippen LogP contribution in [0, 0.1) is 0 Å². The molecule has 0 fully saturated rings. The highest BCUT2D eigenvalue weighted by Crippen LogP contribution is 2.21. The van der Waals surface area contributed by atoms with Gasteiger partial charge < -0.3 is 5.11 Å². The van der Waals surface area contributed by atoms with Crippen LogP contribution in [-0.2, 0) is 22.0 Å². The smallest absolute Gasteiger partial charge is 0.154 e. The predicted molar refractivity (Wildman–Crippen MR) is 47.1 cm³/mol. The number of aromatic hydroxyl groups is 1. The lowest BCUT2D eigenvalue weighted by Gasteiger charge is -2.14. The number of aryl methyl sites for hydroxylation is 1. The van der Waals surface area contributed by atoms with Crippen LogP contribution in [0.5, 0.6) is 5.75 Å². The van der Waals surface area contributed by atoms with Crippen molar-refractivity contribution in [3.8, 4) is 5.75 Å². The molecule has 0 radical (unpaired) electrons. The first-order valence-corrected chi connectivity index (χ1v) is 5.76. The molecule has 1 aromatic rings. The Balaban J connectivity index is 2.50. The summed E-state index contributed by atoms with van der Waals surface area (Å²) in [5, 5.41) is 9.10. The molecular formula is C8H9NO3S. The first-order valence-electron chi connectivity index (χ1n) is 3.94. The van der Waals surface area contributed by atoms with Crippen molar-refractivity contribution in [1.29, 1.82) is 0 Å². The number of rotatable bonds is 0. The van der Waals surface area contributed by atoms with Gasteiger partial charge in [-0.2, -0.15) is 0 Å². The molecule has 1 aliphatic rings. The normalized spacial score (nSPS) is 19.4. The Hall–Kier alpha value is -1.10. The Morgan fingerprint density at radius 2 is 2.23 bits per heavy atom. The molecule has 0 saturated heterocycles. The number of nitrogens with zero attached hydrogens (tertiary/aromatic N) is 1. The van der Waals surface area contributed by atoms with Gasteiger partial charge in [0.15, 0.2) is 9.84 Å². The highest BCUT2D eigenvalue weighted by molar-refractivity contribution is 7.90. The van der Waals surface area contributed by atoms with Crippen molar-refractivity contribution in [2.45, 2.75) is 12.2 Å². The molecule has 0 unspecified atom stereocenters. The van der Waals surface area contributed by atoms with Gasteiger partial charge in [0.05, 0.1) is 17.7 Å². The molecule has 0 atom stereocenters. The fourth-order valence-corrected chi connectivity index (χ4v) is 2.81. The maximum atomic E-state index is 11.2. The molecule has 1 aromatic heterocycles. The third kappa shape index (κ3) is 1.65. The number of hydrogen-bond acceptors (Lipinski definition) is 4. The fourth-order valence-electron chi connectivity index (χ4n) is 1.44. The average molecular weight is 199 g/mol. The second-order valence-electron chi connectivity index (χ2n) is 3.14. The summed E-state index contributed by atoms with van der Waals surface area (Å²) < 4.78 is 22.4. The fraction of sp³-hybridized carbons (Fsp3) is 0.375. The van der Waals surface area contributed by atoms with Crippen LogP contribution in [-0.4, -0.2) is 24.3 Å². The van der Waals surface area contributed by atoms with Gasteiger partial charge in [0.1, 0.15) is 5.75 Å². The van der Waals surface area contributed by atoms with Gasteiger partial charge in [0.2, 0.25) is 0 Å². The molecule has 1 aliphatic heterocycles. The van der Waals surface area contributed by atoms with Crippen LogP contribution in [0.4, 0.5) is 0 Å². The van der Waals surface area contributed by atoms with Crippen molar-refractivity contribution in [1.82, 2.24) is 4.98 Å². The second kappa shape index (κ2) is 2.70. The Morgan fingerprint density at radius 3 is 3.00 bits per heavy atom. The van der Waals surface area contributed by atoms with E-state index < -0.39 is 9.84 Å². The van der Waals surface area contributed by atoms with Crippen molar-refractivity contribution in [2.24, 2.45) is 0 Å². The van der Waals surface area contributed by atoms with Gasteiger partial charge >= 0.3 is 0 Å². The lowest BCUT2D eigenvalue weighted by Crippen LogP contribution is -2.19. The van der Waals surface area contributed by atoms with Crippen LogP contribution in [0.1, 0.15) is 11.3 Å². The van der Waals surface area contributed by atoms with E-state index in [2.05, 4.69) is 4.98 Å². The minimum absolute atomic E-state index is 0.00370. The predicted octanol–water partition coefficient (Wildman–Crippen LogP) is 0.258. The van der Waals surface area contributed by atoms with Gasteiger partial charge in [-0.15, -0.1) is 0 Å². The Labute approximate surface area is 76.2 Å². The van der Waals surface area contributed by atoms with Gasteiger partial charge in [0.25, 0.3) is 0 Å². The molecule has 1 N–H and O–H groups in total. The molecule has 0 aromatic carbocycles. The van der Waals surface area contributed by atoms with Crippen molar-refractivity contribution in [2.75, 3.05) is 5.75 Å². The molecule has 70 valence electrons. The van der Waals surface area contributed by atoms with E-state index in [0.717, 1.165) is 5.69 Å². The summed E-state index contributed by atoms with van der Waals surface area (Å²) in [6.45, 7) is 0. The zero-order valence-electron chi connectivity index (χ0n) is 6.90. The van der Waals surface area contributed by atoms with Crippen LogP contribution in [0.25, 0.3) is 0 Å². The monoisotopic (exact) mass is 199 g/mol. The first kappa shape index (κ1) is 8.50. The lowest BCUT2D eigenvalue weighted by atomic mass is 10.1. The Morgan fingerprint density at radius 1 is 1.46 bits per heavy atom. The van der Waals surface area contributed by atoms with Crippen LogP contribution in [0.3, 0.4) is 0 Å². The van der Waals surface area contributed by atoms with Crippen molar-refractivity contribution >= 4 is 9.84 Å². The van der Waals surface area contributed by atoms with Gasteiger partial charge in [-0.25, -0.2) is 8.42 Å². The number of sulfone groups is 1. The summed E-state index contributed by atoms with van der Waals surface area (Å²) in [5.74, 6) is 0.192. The zero-order valence-corrected chi connectivity index (χ0v) is 7.71. The number of fused-ring (bicyclic) bond motifs is 1. The molecule has 2 heterocycles. The number of pyridine rings is 1. The standard InChI is InChI=1S/C8H9NO3S/c10-7-3-6-5-13(11,12)2-1-8(6)9-4-7/h3-4,10H,1-2,5H2. The highest BCUT2D eigenvalue weighted by Gasteiger charge is 2.22. The van der Waals surface area contributed by atoms with Gasteiger partial charge in [-0.05, 0) is 11.6 Å². The molecule has 0 aliphatic carbocycles. The molecule has 0 saturated carbocycles. The van der Waals surface area contributed by atoms with E-state index in [1.54, 1.807) is 0 Å². The third-order valence-corrected chi connectivity index (χ3v) is 3.65. The van der Waals surface area contributed by atoms with Crippen molar-refractivity contribution in [3.05, 3.63) is 23.5 Å². The third-order valence-electron chi connectivity index (χ3n) is 2.07. The average Bonchev–Trinajstić information content (AvgIpc) is 2.01. The molecule has 13 heavy (non-hydrogen) atoms. The van der Waals surface area contributed by atoms with Crippen LogP contribution in [0.2, 0.25) is 0 Å². The minimum atomic E-state index is -2.96. The van der Waals surface area contributed by atoms with Crippen LogP contribution >= 0.6 is 0 Å². The molecule has 5 heteroatoms. The number of aromatic nitrogens is 1. The molecule has 0 spiro atoms. The summed E-state index contributed by atoms with van der Waals surface area (Å²) in [6, 6.07) is 1.47. The van der Waals surface area contributed by atoms with Gasteiger partial charge in [0, 0.05) is 12.1 Å². The SMILES string of the molecule is O=S1(=O)CCc2ncc(O)cc2C1. The number of hydrogen-bond donors (Lipinski definition) is 1. The highest BCUT2D eigenvalue weighted by atomic mass is 32.2. The topological polar surface area (TPSA) is 67.3 Å². The Kier molecular flexibility index (Phi) is 1.76. The van der Waals surface area contributed by atoms with Crippen molar-refractivity contribution in [3.63, 3.8) is 0 Å². The first-order chi connectivity index (χ1) is 6.07. The summed E-state index contributed by atoms with van der Waals surface area (Å²) in [4.78, 5) is 3.97. The molecule has 4 nitrogen and oxygen atoms in total. The van der Waals surface area contributed by atoms with Crippen LogP contribution in [0.15, 0.2) is 12.3 Å². The van der Waals surface area contributed by atoms with E-state index in [9.17, 15) is 8.42 Å². The lowest BCUT2D eigenvalue weighted by molar-refractivity contribution is 0.471. The summed E-state index contributed by atoms with van der Waals surface area (Å²) in [5.41, 5.74) is 1.42.